The largest absolute Gasteiger partial charge is 0.435 e. The number of aromatic nitrogens is 2. The highest BCUT2D eigenvalue weighted by Gasteiger charge is 2.10. The van der Waals surface area contributed by atoms with Gasteiger partial charge in [0.1, 0.15) is 0 Å². The maximum atomic E-state index is 5.92. The number of nitrogens with zero attached hydrogens (tertiary/aromatic N) is 2. The Morgan fingerprint density at radius 3 is 2.53 bits per heavy atom. The Morgan fingerprint density at radius 1 is 1.18 bits per heavy atom. The average molecular weight is 294 g/mol. The Balaban J connectivity index is 2.40. The summed E-state index contributed by atoms with van der Waals surface area (Å²) in [5.74, 6) is 1.10. The van der Waals surface area contributed by atoms with Crippen LogP contribution in [0.3, 0.4) is 0 Å². The first kappa shape index (κ1) is 11.9. The predicted octanol–water partition coefficient (Wildman–Crippen LogP) is 3.23. The minimum absolute atomic E-state index is 0.477. The minimum atomic E-state index is 0.477. The molecule has 0 atom stereocenters. The lowest BCUT2D eigenvalue weighted by molar-refractivity contribution is 0.454. The van der Waals surface area contributed by atoms with Crippen molar-refractivity contribution >= 4 is 21.6 Å². The maximum Gasteiger partial charge on any atom is 0.240 e. The van der Waals surface area contributed by atoms with Crippen LogP contribution in [0.25, 0.3) is 0 Å². The molecule has 0 spiro atoms. The maximum absolute atomic E-state index is 5.92. The van der Waals surface area contributed by atoms with Gasteiger partial charge in [0.25, 0.3) is 0 Å². The number of halogens is 1. The number of anilines is 1. The van der Waals surface area contributed by atoms with E-state index >= 15 is 0 Å². The van der Waals surface area contributed by atoms with Crippen LogP contribution in [0.2, 0.25) is 0 Å². The van der Waals surface area contributed by atoms with Gasteiger partial charge in [-0.15, -0.1) is 0 Å². The number of hydrogen-bond donors (Lipinski definition) is 1. The van der Waals surface area contributed by atoms with Gasteiger partial charge in [-0.2, -0.15) is 0 Å². The molecule has 0 aliphatic carbocycles. The van der Waals surface area contributed by atoms with Gasteiger partial charge >= 0.3 is 0 Å². The monoisotopic (exact) mass is 293 g/mol. The quantitative estimate of drug-likeness (QED) is 0.864. The first-order chi connectivity index (χ1) is 8.08. The van der Waals surface area contributed by atoms with E-state index in [2.05, 4.69) is 25.9 Å². The molecule has 0 fully saturated rings. The van der Waals surface area contributed by atoms with E-state index in [1.54, 1.807) is 18.5 Å². The number of rotatable bonds is 2. The summed E-state index contributed by atoms with van der Waals surface area (Å²) in [6.45, 7) is 3.77. The second-order valence-corrected chi connectivity index (χ2v) is 4.61. The highest BCUT2D eigenvalue weighted by atomic mass is 79.9. The average Bonchev–Trinajstić information content (AvgIpc) is 2.25. The number of ether oxygens (including phenoxy) is 1. The fourth-order valence-electron chi connectivity index (χ4n) is 1.49. The number of benzene rings is 1. The third-order valence-electron chi connectivity index (χ3n) is 2.30. The first-order valence-corrected chi connectivity index (χ1v) is 5.88. The van der Waals surface area contributed by atoms with Gasteiger partial charge in [0, 0.05) is 16.9 Å². The second-order valence-electron chi connectivity index (χ2n) is 3.69. The summed E-state index contributed by atoms with van der Waals surface area (Å²) >= 11 is 3.38. The van der Waals surface area contributed by atoms with Crippen LogP contribution >= 0.6 is 15.9 Å². The Hall–Kier alpha value is -1.62. The van der Waals surface area contributed by atoms with Gasteiger partial charge in [0.15, 0.2) is 5.75 Å². The molecule has 0 aliphatic heterocycles. The number of nitrogen functional groups attached to an aromatic ring is 1. The molecule has 0 radical (unpaired) electrons. The predicted molar refractivity (Wildman–Crippen MR) is 70.1 cm³/mol. The van der Waals surface area contributed by atoms with Crippen molar-refractivity contribution in [2.45, 2.75) is 13.8 Å². The molecule has 2 N–H and O–H groups in total. The van der Waals surface area contributed by atoms with E-state index < -0.39 is 0 Å². The van der Waals surface area contributed by atoms with Crippen LogP contribution in [-0.2, 0) is 0 Å². The van der Waals surface area contributed by atoms with E-state index in [0.717, 1.165) is 15.7 Å². The molecule has 4 nitrogen and oxygen atoms in total. The van der Waals surface area contributed by atoms with Crippen molar-refractivity contribution in [3.8, 4) is 11.6 Å². The topological polar surface area (TPSA) is 61.0 Å². The molecule has 17 heavy (non-hydrogen) atoms. The van der Waals surface area contributed by atoms with Crippen molar-refractivity contribution in [3.05, 3.63) is 40.3 Å². The Kier molecular flexibility index (Phi) is 3.28. The van der Waals surface area contributed by atoms with Gasteiger partial charge in [0.2, 0.25) is 5.88 Å². The molecule has 0 unspecified atom stereocenters. The van der Waals surface area contributed by atoms with E-state index in [9.17, 15) is 0 Å². The van der Waals surface area contributed by atoms with Crippen molar-refractivity contribution < 1.29 is 4.74 Å². The molecular weight excluding hydrogens is 282 g/mol. The summed E-state index contributed by atoms with van der Waals surface area (Å²) in [5, 5.41) is 0. The zero-order chi connectivity index (χ0) is 12.4. The summed E-state index contributed by atoms with van der Waals surface area (Å²) in [6, 6.07) is 3.74. The number of hydrogen-bond acceptors (Lipinski definition) is 4. The molecule has 1 heterocycles. The lowest BCUT2D eigenvalue weighted by Gasteiger charge is -2.12. The Morgan fingerprint density at radius 2 is 1.88 bits per heavy atom. The fraction of sp³-hybridized carbons (Fsp3) is 0.167. The summed E-state index contributed by atoms with van der Waals surface area (Å²) in [7, 11) is 0. The molecule has 2 rings (SSSR count). The van der Waals surface area contributed by atoms with Gasteiger partial charge in [-0.1, -0.05) is 15.9 Å². The zero-order valence-electron chi connectivity index (χ0n) is 9.57. The van der Waals surface area contributed by atoms with Crippen LogP contribution in [0.1, 0.15) is 11.3 Å². The summed E-state index contributed by atoms with van der Waals surface area (Å²) in [5.41, 5.74) is 8.17. The molecule has 0 saturated carbocycles. The van der Waals surface area contributed by atoms with E-state index in [1.165, 1.54) is 0 Å². The molecule has 0 amide bonds. The normalized spacial score (nSPS) is 10.3. The molecular formula is C12H12BrN3O. The van der Waals surface area contributed by atoms with Crippen LogP contribution in [-0.4, -0.2) is 9.97 Å². The number of nitrogens with two attached hydrogens (primary N) is 1. The van der Waals surface area contributed by atoms with Crippen LogP contribution < -0.4 is 10.5 Å². The van der Waals surface area contributed by atoms with Crippen LogP contribution in [0.5, 0.6) is 11.6 Å². The third-order valence-corrected chi connectivity index (χ3v) is 2.76. The van der Waals surface area contributed by atoms with Crippen molar-refractivity contribution in [2.75, 3.05) is 5.73 Å². The molecule has 5 heteroatoms. The molecule has 1 aromatic carbocycles. The van der Waals surface area contributed by atoms with Crippen LogP contribution in [0, 0.1) is 13.8 Å². The smallest absolute Gasteiger partial charge is 0.240 e. The zero-order valence-corrected chi connectivity index (χ0v) is 11.2. The lowest BCUT2D eigenvalue weighted by Crippen LogP contribution is -1.98. The van der Waals surface area contributed by atoms with Crippen molar-refractivity contribution in [3.63, 3.8) is 0 Å². The summed E-state index contributed by atoms with van der Waals surface area (Å²) < 4.78 is 6.63. The first-order valence-electron chi connectivity index (χ1n) is 5.09. The van der Waals surface area contributed by atoms with Gasteiger partial charge in [-0.3, -0.25) is 4.98 Å². The molecule has 88 valence electrons. The van der Waals surface area contributed by atoms with Gasteiger partial charge in [0.05, 0.1) is 11.4 Å². The third kappa shape index (κ3) is 2.55. The standard InChI is InChI=1S/C12H12BrN3O/c1-7-5-9(13)6-10(14)11(7)17-12-8(2)15-3-4-16-12/h3-6H,14H2,1-2H3. The molecule has 1 aromatic heterocycles. The molecule has 0 bridgehead atoms. The van der Waals surface area contributed by atoms with Crippen molar-refractivity contribution in [2.24, 2.45) is 0 Å². The second kappa shape index (κ2) is 4.71. The fourth-order valence-corrected chi connectivity index (χ4v) is 2.08. The van der Waals surface area contributed by atoms with Crippen molar-refractivity contribution in [1.82, 2.24) is 9.97 Å². The van der Waals surface area contributed by atoms with Gasteiger partial charge in [-0.05, 0) is 31.5 Å². The molecule has 0 saturated heterocycles. The minimum Gasteiger partial charge on any atom is -0.435 e. The Labute approximate surface area is 108 Å². The molecule has 2 aromatic rings. The number of aryl methyl sites for hydroxylation is 2. The van der Waals surface area contributed by atoms with E-state index in [4.69, 9.17) is 10.5 Å². The van der Waals surface area contributed by atoms with E-state index in [0.29, 0.717) is 17.3 Å². The van der Waals surface area contributed by atoms with Crippen LogP contribution in [0.15, 0.2) is 29.0 Å². The molecule has 0 aliphatic rings. The highest BCUT2D eigenvalue weighted by molar-refractivity contribution is 9.10. The van der Waals surface area contributed by atoms with E-state index in [1.807, 2.05) is 19.9 Å². The summed E-state index contributed by atoms with van der Waals surface area (Å²) in [6.07, 6.45) is 3.21. The van der Waals surface area contributed by atoms with Crippen LogP contribution in [0.4, 0.5) is 5.69 Å². The van der Waals surface area contributed by atoms with Crippen molar-refractivity contribution in [1.29, 1.82) is 0 Å². The van der Waals surface area contributed by atoms with E-state index in [-0.39, 0.29) is 0 Å². The van der Waals surface area contributed by atoms with Gasteiger partial charge < -0.3 is 10.5 Å². The SMILES string of the molecule is Cc1cc(Br)cc(N)c1Oc1nccnc1C. The Bertz CT molecular complexity index is 534. The highest BCUT2D eigenvalue weighted by Crippen LogP contribution is 2.33. The lowest BCUT2D eigenvalue weighted by atomic mass is 10.2. The summed E-state index contributed by atoms with van der Waals surface area (Å²) in [4.78, 5) is 8.24. The van der Waals surface area contributed by atoms with Gasteiger partial charge in [-0.25, -0.2) is 4.98 Å².